The van der Waals surface area contributed by atoms with Crippen LogP contribution in [0.3, 0.4) is 0 Å². The van der Waals surface area contributed by atoms with Gasteiger partial charge >= 0.3 is 7.75 Å². The van der Waals surface area contributed by atoms with Gasteiger partial charge in [0.15, 0.2) is 5.12 Å². The van der Waals surface area contributed by atoms with Gasteiger partial charge in [0.1, 0.15) is 18.3 Å². The molecule has 0 aliphatic carbocycles. The summed E-state index contributed by atoms with van der Waals surface area (Å²) < 4.78 is 29.6. The first-order chi connectivity index (χ1) is 14.6. The molecule has 0 aromatic heterocycles. The number of hydrogen-bond acceptors (Lipinski definition) is 9. The summed E-state index contributed by atoms with van der Waals surface area (Å²) in [5, 5.41) is 31.7. The first kappa shape index (κ1) is 26.4. The van der Waals surface area contributed by atoms with Crippen molar-refractivity contribution in [2.75, 3.05) is 25.6 Å². The molecule has 1 aromatic rings. The first-order valence-corrected chi connectivity index (χ1v) is 12.6. The lowest BCUT2D eigenvalue weighted by atomic mass is 9.97. The fourth-order valence-electron chi connectivity index (χ4n) is 2.71. The minimum atomic E-state index is -3.81. The summed E-state index contributed by atoms with van der Waals surface area (Å²) in [5.74, 6) is 0.223. The molecule has 2 unspecified atom stereocenters. The molecule has 1 aliphatic heterocycles. The molecule has 0 amide bonds. The predicted molar refractivity (Wildman–Crippen MR) is 117 cm³/mol. The van der Waals surface area contributed by atoms with Crippen LogP contribution in [0.5, 0.6) is 0 Å². The smallest absolute Gasteiger partial charge is 0.395 e. The van der Waals surface area contributed by atoms with Crippen LogP contribution in [-0.4, -0.2) is 70.4 Å². The predicted octanol–water partition coefficient (Wildman–Crippen LogP) is 1.70. The summed E-state index contributed by atoms with van der Waals surface area (Å²) in [6, 6.07) is 9.26. The lowest BCUT2D eigenvalue weighted by Crippen LogP contribution is -2.34. The third-order valence-electron chi connectivity index (χ3n) is 4.86. The Bertz CT molecular complexity index is 750. The van der Waals surface area contributed by atoms with Crippen molar-refractivity contribution < 1.29 is 38.5 Å². The second-order valence-electron chi connectivity index (χ2n) is 7.99. The summed E-state index contributed by atoms with van der Waals surface area (Å²) in [6.07, 6.45) is -3.63. The fourth-order valence-corrected chi connectivity index (χ4v) is 4.95. The average molecular weight is 478 g/mol. The van der Waals surface area contributed by atoms with E-state index < -0.39 is 37.6 Å². The molecular weight excluding hydrogens is 445 g/mol. The Morgan fingerprint density at radius 2 is 1.90 bits per heavy atom. The van der Waals surface area contributed by atoms with E-state index in [2.05, 4.69) is 5.09 Å². The molecule has 1 fully saturated rings. The van der Waals surface area contributed by atoms with Crippen molar-refractivity contribution in [1.82, 2.24) is 5.09 Å². The van der Waals surface area contributed by atoms with Gasteiger partial charge in [-0.1, -0.05) is 42.1 Å². The minimum absolute atomic E-state index is 0.0376. The number of benzene rings is 1. The highest BCUT2D eigenvalue weighted by molar-refractivity contribution is 8.13. The van der Waals surface area contributed by atoms with Gasteiger partial charge in [0.2, 0.25) is 0 Å². The lowest BCUT2D eigenvalue weighted by Gasteiger charge is -2.23. The molecule has 0 spiro atoms. The number of nitrogens with one attached hydrogen (secondary N) is 1. The number of aliphatic hydroxyl groups is 3. The number of aliphatic hydroxyl groups excluding tert-OH is 3. The van der Waals surface area contributed by atoms with Crippen molar-refractivity contribution in [3.63, 3.8) is 0 Å². The Balaban J connectivity index is 1.93. The van der Waals surface area contributed by atoms with Gasteiger partial charge in [-0.05, 0) is 26.3 Å². The molecule has 5 atom stereocenters. The van der Waals surface area contributed by atoms with Gasteiger partial charge in [0.05, 0.1) is 31.3 Å². The van der Waals surface area contributed by atoms with Crippen molar-refractivity contribution in [3.05, 3.63) is 35.9 Å². The molecule has 176 valence electrons. The molecule has 11 heteroatoms. The van der Waals surface area contributed by atoms with Gasteiger partial charge in [-0.3, -0.25) is 13.8 Å². The summed E-state index contributed by atoms with van der Waals surface area (Å²) in [4.78, 5) is 12.1. The third kappa shape index (κ3) is 7.92. The van der Waals surface area contributed by atoms with Crippen LogP contribution >= 0.6 is 19.5 Å². The van der Waals surface area contributed by atoms with Gasteiger partial charge in [-0.2, -0.15) is 0 Å². The SMILES string of the molecule is C[C@@H]1O[C@H](COP(=O)(NCc2ccccc2)OCCSC(=O)C(C)(C)CO)C(O)[C@@H]1O. The van der Waals surface area contributed by atoms with Gasteiger partial charge in [-0.15, -0.1) is 0 Å². The van der Waals surface area contributed by atoms with Crippen LogP contribution in [0.25, 0.3) is 0 Å². The first-order valence-electron chi connectivity index (χ1n) is 10.1. The number of rotatable bonds is 12. The quantitative estimate of drug-likeness (QED) is 0.260. The van der Waals surface area contributed by atoms with Gasteiger partial charge in [-0.25, -0.2) is 9.65 Å². The Kier molecular flexibility index (Phi) is 10.1. The van der Waals surface area contributed by atoms with Crippen LogP contribution in [0, 0.1) is 5.41 Å². The Morgan fingerprint density at radius 1 is 1.23 bits per heavy atom. The highest BCUT2D eigenvalue weighted by Gasteiger charge is 2.41. The molecule has 1 aliphatic rings. The van der Waals surface area contributed by atoms with Crippen molar-refractivity contribution in [2.45, 2.75) is 51.7 Å². The van der Waals surface area contributed by atoms with E-state index in [1.807, 2.05) is 30.3 Å². The molecule has 4 N–H and O–H groups in total. The summed E-state index contributed by atoms with van der Waals surface area (Å²) >= 11 is 0.981. The minimum Gasteiger partial charge on any atom is -0.395 e. The summed E-state index contributed by atoms with van der Waals surface area (Å²) in [6.45, 7) is 4.57. The molecule has 1 saturated heterocycles. The monoisotopic (exact) mass is 477 g/mol. The Labute approximate surface area is 187 Å². The maximum absolute atomic E-state index is 13.2. The van der Waals surface area contributed by atoms with Gasteiger partial charge < -0.3 is 20.1 Å². The summed E-state index contributed by atoms with van der Waals surface area (Å²) in [7, 11) is -3.81. The molecule has 1 heterocycles. The zero-order valence-corrected chi connectivity index (χ0v) is 19.7. The highest BCUT2D eigenvalue weighted by Crippen LogP contribution is 2.45. The van der Waals surface area contributed by atoms with Gasteiger partial charge in [0.25, 0.3) is 0 Å². The standard InChI is InChI=1S/C20H32NO8PS/c1-14-17(23)18(24)16(29-14)12-28-30(26,21-11-15-7-5-4-6-8-15)27-9-10-31-19(25)20(2,3)13-22/h4-8,14,16-18,22-24H,9-13H2,1-3H3,(H,21,26)/t14-,16+,17+,18?,30?/m0/s1. The number of ether oxygens (including phenoxy) is 1. The zero-order chi connectivity index (χ0) is 23.1. The van der Waals surface area contributed by atoms with E-state index in [-0.39, 0.29) is 37.2 Å². The molecule has 9 nitrogen and oxygen atoms in total. The molecule has 1 aromatic carbocycles. The van der Waals surface area contributed by atoms with Crippen LogP contribution in [0.15, 0.2) is 30.3 Å². The fraction of sp³-hybridized carbons (Fsp3) is 0.650. The largest absolute Gasteiger partial charge is 0.405 e. The van der Waals surface area contributed by atoms with Crippen LogP contribution in [0.1, 0.15) is 26.3 Å². The summed E-state index contributed by atoms with van der Waals surface area (Å²) in [5.41, 5.74) is -0.00505. The number of hydrogen-bond donors (Lipinski definition) is 4. The highest BCUT2D eigenvalue weighted by atomic mass is 32.2. The second-order valence-corrected chi connectivity index (χ2v) is 10.9. The van der Waals surface area contributed by atoms with E-state index in [1.54, 1.807) is 20.8 Å². The number of carbonyl (C=O) groups is 1. The van der Waals surface area contributed by atoms with E-state index in [0.717, 1.165) is 17.3 Å². The van der Waals surface area contributed by atoms with Crippen molar-refractivity contribution in [1.29, 1.82) is 0 Å². The molecule has 31 heavy (non-hydrogen) atoms. The lowest BCUT2D eigenvalue weighted by molar-refractivity contribution is -0.119. The van der Waals surface area contributed by atoms with Crippen LogP contribution < -0.4 is 5.09 Å². The number of carbonyl (C=O) groups excluding carboxylic acids is 1. The topological polar surface area (TPSA) is 135 Å². The molecule has 0 saturated carbocycles. The van der Waals surface area contributed by atoms with Gasteiger partial charge in [0, 0.05) is 12.3 Å². The normalized spacial score (nSPS) is 26.0. The molecule has 0 radical (unpaired) electrons. The second kappa shape index (κ2) is 11.9. The molecule has 2 rings (SSSR count). The Hall–Kier alpha value is -0.810. The van der Waals surface area contributed by atoms with Crippen molar-refractivity contribution in [3.8, 4) is 0 Å². The van der Waals surface area contributed by atoms with Crippen molar-refractivity contribution in [2.24, 2.45) is 5.41 Å². The van der Waals surface area contributed by atoms with E-state index in [1.165, 1.54) is 0 Å². The Morgan fingerprint density at radius 3 is 2.48 bits per heavy atom. The van der Waals surface area contributed by atoms with E-state index in [0.29, 0.717) is 0 Å². The third-order valence-corrected chi connectivity index (χ3v) is 7.60. The molecule has 0 bridgehead atoms. The van der Waals surface area contributed by atoms with Crippen molar-refractivity contribution >= 4 is 24.6 Å². The maximum Gasteiger partial charge on any atom is 0.405 e. The van der Waals surface area contributed by atoms with E-state index in [9.17, 15) is 24.7 Å². The molecular formula is C20H32NO8PS. The average Bonchev–Trinajstić information content (AvgIpc) is 3.01. The zero-order valence-electron chi connectivity index (χ0n) is 18.0. The van der Waals surface area contributed by atoms with E-state index in [4.69, 9.17) is 13.8 Å². The van der Waals surface area contributed by atoms with E-state index >= 15 is 0 Å². The maximum atomic E-state index is 13.2. The van der Waals surface area contributed by atoms with Crippen LogP contribution in [-0.2, 0) is 29.7 Å². The van der Waals surface area contributed by atoms with Crippen LogP contribution in [0.4, 0.5) is 0 Å². The number of thioether (sulfide) groups is 1. The van der Waals surface area contributed by atoms with Crippen LogP contribution in [0.2, 0.25) is 0 Å².